The normalized spacial score (nSPS) is 14.3. The van der Waals surface area contributed by atoms with Crippen LogP contribution in [0.15, 0.2) is 48.5 Å². The number of carbonyl (C=O) groups is 2. The van der Waals surface area contributed by atoms with E-state index in [2.05, 4.69) is 31.4 Å². The first-order chi connectivity index (χ1) is 15.4. The van der Waals surface area contributed by atoms with Crippen molar-refractivity contribution < 1.29 is 14.3 Å². The van der Waals surface area contributed by atoms with E-state index >= 15 is 0 Å². The summed E-state index contributed by atoms with van der Waals surface area (Å²) in [6.45, 7) is 8.98. The van der Waals surface area contributed by atoms with Gasteiger partial charge in [0.2, 0.25) is 5.91 Å². The molecule has 0 atom stereocenters. The quantitative estimate of drug-likeness (QED) is 0.577. The number of nitrogens with zero attached hydrogens (tertiary/aromatic N) is 1. The molecule has 3 rings (SSSR count). The molecular formula is C26H35N3O3. The molecule has 32 heavy (non-hydrogen) atoms. The van der Waals surface area contributed by atoms with Crippen molar-refractivity contribution in [3.05, 3.63) is 54.1 Å². The summed E-state index contributed by atoms with van der Waals surface area (Å²) >= 11 is 0. The highest BCUT2D eigenvalue weighted by atomic mass is 16.5. The predicted octanol–water partition coefficient (Wildman–Crippen LogP) is 5.03. The molecule has 6 heteroatoms. The molecule has 2 aromatic rings. The third-order valence-electron chi connectivity index (χ3n) is 5.74. The number of amides is 2. The topological polar surface area (TPSA) is 70.7 Å². The second-order valence-electron chi connectivity index (χ2n) is 9.01. The Balaban J connectivity index is 1.46. The third kappa shape index (κ3) is 7.29. The average molecular weight is 438 g/mol. The zero-order valence-electron chi connectivity index (χ0n) is 19.4. The molecule has 1 fully saturated rings. The Morgan fingerprint density at radius 3 is 2.47 bits per heavy atom. The second kappa shape index (κ2) is 11.6. The van der Waals surface area contributed by atoms with Gasteiger partial charge in [-0.25, -0.2) is 0 Å². The van der Waals surface area contributed by atoms with E-state index in [4.69, 9.17) is 4.74 Å². The van der Waals surface area contributed by atoms with E-state index in [1.807, 2.05) is 53.4 Å². The molecule has 0 aromatic heterocycles. The molecule has 2 N–H and O–H groups in total. The highest BCUT2D eigenvalue weighted by Crippen LogP contribution is 2.20. The minimum absolute atomic E-state index is 0.0562. The van der Waals surface area contributed by atoms with Crippen molar-refractivity contribution in [1.82, 2.24) is 4.90 Å². The van der Waals surface area contributed by atoms with Crippen molar-refractivity contribution in [2.24, 2.45) is 11.8 Å². The number of likely N-dealkylation sites (tertiary alicyclic amines) is 1. The van der Waals surface area contributed by atoms with E-state index < -0.39 is 0 Å². The van der Waals surface area contributed by atoms with E-state index in [-0.39, 0.29) is 18.4 Å². The molecule has 0 spiro atoms. The highest BCUT2D eigenvalue weighted by Gasteiger charge is 2.21. The van der Waals surface area contributed by atoms with Crippen molar-refractivity contribution in [1.29, 1.82) is 0 Å². The van der Waals surface area contributed by atoms with E-state index in [0.717, 1.165) is 49.5 Å². The Bertz CT molecular complexity index is 887. The van der Waals surface area contributed by atoms with Gasteiger partial charge in [0.05, 0.1) is 13.2 Å². The van der Waals surface area contributed by atoms with Crippen LogP contribution in [-0.2, 0) is 4.79 Å². The van der Waals surface area contributed by atoms with Gasteiger partial charge in [0.1, 0.15) is 5.75 Å². The van der Waals surface area contributed by atoms with E-state index in [1.165, 1.54) is 0 Å². The monoisotopic (exact) mass is 437 g/mol. The van der Waals surface area contributed by atoms with Crippen LogP contribution in [0.25, 0.3) is 0 Å². The lowest BCUT2D eigenvalue weighted by atomic mass is 9.98. The SMILES string of the molecule is CC(C)CCOc1ccc(NC(=O)CNc2cccc(C(=O)N3CCC(C)CC3)c2)cc1. The van der Waals surface area contributed by atoms with Crippen molar-refractivity contribution in [3.8, 4) is 5.75 Å². The van der Waals surface area contributed by atoms with E-state index in [0.29, 0.717) is 24.0 Å². The fourth-order valence-corrected chi connectivity index (χ4v) is 3.59. The van der Waals surface area contributed by atoms with Gasteiger partial charge in [0, 0.05) is 30.0 Å². The molecule has 1 aliphatic heterocycles. The number of hydrogen-bond donors (Lipinski definition) is 2. The highest BCUT2D eigenvalue weighted by molar-refractivity contribution is 5.96. The van der Waals surface area contributed by atoms with Gasteiger partial charge in [0.15, 0.2) is 0 Å². The van der Waals surface area contributed by atoms with Crippen molar-refractivity contribution in [2.75, 3.05) is 36.9 Å². The molecule has 0 bridgehead atoms. The number of rotatable bonds is 9. The largest absolute Gasteiger partial charge is 0.494 e. The Hall–Kier alpha value is -3.02. The molecule has 2 aromatic carbocycles. The molecule has 0 unspecified atom stereocenters. The van der Waals surface area contributed by atoms with Gasteiger partial charge in [-0.2, -0.15) is 0 Å². The van der Waals surface area contributed by atoms with Gasteiger partial charge in [-0.1, -0.05) is 26.8 Å². The standard InChI is InChI=1S/C26H35N3O3/c1-19(2)13-16-32-24-9-7-22(8-10-24)28-25(30)18-27-23-6-4-5-21(17-23)26(31)29-14-11-20(3)12-15-29/h4-10,17,19-20,27H,11-16,18H2,1-3H3,(H,28,30). The number of ether oxygens (including phenoxy) is 1. The molecule has 0 saturated carbocycles. The third-order valence-corrected chi connectivity index (χ3v) is 5.74. The Morgan fingerprint density at radius 2 is 1.78 bits per heavy atom. The van der Waals surface area contributed by atoms with Crippen LogP contribution < -0.4 is 15.4 Å². The maximum absolute atomic E-state index is 12.8. The number of nitrogens with one attached hydrogen (secondary N) is 2. The lowest BCUT2D eigenvalue weighted by molar-refractivity contribution is -0.114. The first-order valence-corrected chi connectivity index (χ1v) is 11.6. The lowest BCUT2D eigenvalue weighted by Crippen LogP contribution is -2.37. The van der Waals surface area contributed by atoms with Crippen LogP contribution in [-0.4, -0.2) is 43.0 Å². The minimum Gasteiger partial charge on any atom is -0.494 e. The van der Waals surface area contributed by atoms with Crippen molar-refractivity contribution >= 4 is 23.2 Å². The van der Waals surface area contributed by atoms with Gasteiger partial charge in [-0.15, -0.1) is 0 Å². The van der Waals surface area contributed by atoms with Gasteiger partial charge >= 0.3 is 0 Å². The summed E-state index contributed by atoms with van der Waals surface area (Å²) in [6, 6.07) is 14.7. The first kappa shape index (κ1) is 23.6. The van der Waals surface area contributed by atoms with Crippen molar-refractivity contribution in [3.63, 3.8) is 0 Å². The Kier molecular flexibility index (Phi) is 8.54. The summed E-state index contributed by atoms with van der Waals surface area (Å²) in [7, 11) is 0. The fourth-order valence-electron chi connectivity index (χ4n) is 3.59. The zero-order valence-corrected chi connectivity index (χ0v) is 19.4. The molecular weight excluding hydrogens is 402 g/mol. The van der Waals surface area contributed by atoms with Crippen molar-refractivity contribution in [2.45, 2.75) is 40.0 Å². The van der Waals surface area contributed by atoms with Crippen LogP contribution in [0.3, 0.4) is 0 Å². The maximum atomic E-state index is 12.8. The summed E-state index contributed by atoms with van der Waals surface area (Å²) in [6.07, 6.45) is 3.11. The number of carbonyl (C=O) groups excluding carboxylic acids is 2. The average Bonchev–Trinajstić information content (AvgIpc) is 2.79. The van der Waals surface area contributed by atoms with Crippen LogP contribution in [0.5, 0.6) is 5.75 Å². The predicted molar refractivity (Wildman–Crippen MR) is 129 cm³/mol. The number of hydrogen-bond acceptors (Lipinski definition) is 4. The van der Waals surface area contributed by atoms with Crippen LogP contribution in [0, 0.1) is 11.8 Å². The lowest BCUT2D eigenvalue weighted by Gasteiger charge is -2.30. The second-order valence-corrected chi connectivity index (χ2v) is 9.01. The molecule has 1 heterocycles. The smallest absolute Gasteiger partial charge is 0.253 e. The molecule has 2 amide bonds. The molecule has 0 radical (unpaired) electrons. The van der Waals surface area contributed by atoms with Gasteiger partial charge in [0.25, 0.3) is 5.91 Å². The number of piperidine rings is 1. The van der Waals surface area contributed by atoms with E-state index in [1.54, 1.807) is 0 Å². The zero-order chi connectivity index (χ0) is 22.9. The molecule has 1 aliphatic rings. The van der Waals surface area contributed by atoms with Crippen LogP contribution in [0.4, 0.5) is 11.4 Å². The molecule has 1 saturated heterocycles. The Labute approximate surface area is 191 Å². The summed E-state index contributed by atoms with van der Waals surface area (Å²) in [5, 5.41) is 5.99. The summed E-state index contributed by atoms with van der Waals surface area (Å²) in [4.78, 5) is 27.0. The van der Waals surface area contributed by atoms with Crippen LogP contribution in [0.2, 0.25) is 0 Å². The van der Waals surface area contributed by atoms with Gasteiger partial charge in [-0.3, -0.25) is 9.59 Å². The van der Waals surface area contributed by atoms with Crippen LogP contribution in [0.1, 0.15) is 50.4 Å². The molecule has 172 valence electrons. The summed E-state index contributed by atoms with van der Waals surface area (Å²) < 4.78 is 5.71. The van der Waals surface area contributed by atoms with Crippen LogP contribution >= 0.6 is 0 Å². The summed E-state index contributed by atoms with van der Waals surface area (Å²) in [5.41, 5.74) is 2.12. The molecule has 6 nitrogen and oxygen atoms in total. The summed E-state index contributed by atoms with van der Waals surface area (Å²) in [5.74, 6) is 1.99. The minimum atomic E-state index is -0.153. The number of anilines is 2. The number of benzene rings is 2. The van der Waals surface area contributed by atoms with Gasteiger partial charge < -0.3 is 20.3 Å². The van der Waals surface area contributed by atoms with Gasteiger partial charge in [-0.05, 0) is 73.6 Å². The fraction of sp³-hybridized carbons (Fsp3) is 0.462. The first-order valence-electron chi connectivity index (χ1n) is 11.6. The Morgan fingerprint density at radius 1 is 1.06 bits per heavy atom. The maximum Gasteiger partial charge on any atom is 0.253 e. The van der Waals surface area contributed by atoms with E-state index in [9.17, 15) is 9.59 Å². The molecule has 0 aliphatic carbocycles.